The number of carboxylic acids is 1. The highest BCUT2D eigenvalue weighted by Crippen LogP contribution is 2.55. The van der Waals surface area contributed by atoms with E-state index in [1.54, 1.807) is 13.8 Å². The molecule has 0 aromatic heterocycles. The van der Waals surface area contributed by atoms with E-state index in [1.807, 2.05) is 0 Å². The Morgan fingerprint density at radius 1 is 1.56 bits per heavy atom. The van der Waals surface area contributed by atoms with Gasteiger partial charge in [0.05, 0.1) is 0 Å². The quantitative estimate of drug-likeness (QED) is 0.534. The molecule has 1 aliphatic carbocycles. The average molecular weight is 130 g/mol. The van der Waals surface area contributed by atoms with Gasteiger partial charge in [-0.1, -0.05) is 13.8 Å². The van der Waals surface area contributed by atoms with E-state index < -0.39 is 17.0 Å². The van der Waals surface area contributed by atoms with Gasteiger partial charge in [-0.05, 0) is 6.42 Å². The Balaban J connectivity index is 2.74. The summed E-state index contributed by atoms with van der Waals surface area (Å²) >= 11 is 0. The highest BCUT2D eigenvalue weighted by Gasteiger charge is 2.66. The first-order chi connectivity index (χ1) is 3.90. The number of aliphatic hydroxyl groups is 1. The summed E-state index contributed by atoms with van der Waals surface area (Å²) < 4.78 is 0. The monoisotopic (exact) mass is 130 g/mol. The van der Waals surface area contributed by atoms with Crippen LogP contribution in [-0.2, 0) is 4.79 Å². The molecule has 0 aliphatic heterocycles. The lowest BCUT2D eigenvalue weighted by Gasteiger charge is -2.05. The van der Waals surface area contributed by atoms with Crippen LogP contribution < -0.4 is 0 Å². The van der Waals surface area contributed by atoms with E-state index in [4.69, 9.17) is 10.2 Å². The van der Waals surface area contributed by atoms with Crippen LogP contribution in [-0.4, -0.2) is 21.8 Å². The van der Waals surface area contributed by atoms with Gasteiger partial charge in [-0.3, -0.25) is 0 Å². The van der Waals surface area contributed by atoms with Crippen molar-refractivity contribution in [3.63, 3.8) is 0 Å². The molecule has 1 saturated carbocycles. The first-order valence-corrected chi connectivity index (χ1v) is 2.86. The Bertz CT molecular complexity index is 162. The Morgan fingerprint density at radius 2 is 1.89 bits per heavy atom. The van der Waals surface area contributed by atoms with Crippen LogP contribution in [0.25, 0.3) is 0 Å². The second-order valence-corrected chi connectivity index (χ2v) is 3.23. The Labute approximate surface area is 53.3 Å². The summed E-state index contributed by atoms with van der Waals surface area (Å²) in [5, 5.41) is 17.5. The highest BCUT2D eigenvalue weighted by atomic mass is 16.4. The van der Waals surface area contributed by atoms with E-state index in [0.29, 0.717) is 6.42 Å². The molecule has 1 aliphatic rings. The van der Waals surface area contributed by atoms with Gasteiger partial charge in [0.2, 0.25) is 0 Å². The molecule has 52 valence electrons. The highest BCUT2D eigenvalue weighted by molar-refractivity contribution is 5.82. The van der Waals surface area contributed by atoms with Gasteiger partial charge < -0.3 is 10.2 Å². The van der Waals surface area contributed by atoms with E-state index in [1.165, 1.54) is 0 Å². The molecule has 3 nitrogen and oxygen atoms in total. The minimum absolute atomic E-state index is 0.370. The lowest BCUT2D eigenvalue weighted by Crippen LogP contribution is -2.26. The largest absolute Gasteiger partial charge is 0.479 e. The van der Waals surface area contributed by atoms with Gasteiger partial charge in [0.25, 0.3) is 0 Å². The number of carbonyl (C=O) groups is 1. The van der Waals surface area contributed by atoms with Crippen LogP contribution in [0.2, 0.25) is 0 Å². The van der Waals surface area contributed by atoms with E-state index in [0.717, 1.165) is 0 Å². The summed E-state index contributed by atoms with van der Waals surface area (Å²) in [7, 11) is 0. The van der Waals surface area contributed by atoms with Crippen molar-refractivity contribution in [2.75, 3.05) is 0 Å². The number of rotatable bonds is 1. The molecule has 0 bridgehead atoms. The van der Waals surface area contributed by atoms with Crippen molar-refractivity contribution in [3.8, 4) is 0 Å². The molecule has 0 aromatic carbocycles. The first kappa shape index (κ1) is 6.55. The van der Waals surface area contributed by atoms with Gasteiger partial charge in [-0.25, -0.2) is 4.79 Å². The number of carboxylic acid groups (broad SMARTS) is 1. The number of hydrogen-bond acceptors (Lipinski definition) is 2. The molecule has 1 rings (SSSR count). The van der Waals surface area contributed by atoms with Crippen LogP contribution in [0.3, 0.4) is 0 Å². The Hall–Kier alpha value is -0.570. The van der Waals surface area contributed by atoms with E-state index in [2.05, 4.69) is 0 Å². The summed E-state index contributed by atoms with van der Waals surface area (Å²) in [5.41, 5.74) is -1.86. The first-order valence-electron chi connectivity index (χ1n) is 2.86. The smallest absolute Gasteiger partial charge is 0.336 e. The third-order valence-corrected chi connectivity index (χ3v) is 2.05. The van der Waals surface area contributed by atoms with Crippen molar-refractivity contribution in [1.82, 2.24) is 0 Å². The molecular weight excluding hydrogens is 120 g/mol. The van der Waals surface area contributed by atoms with E-state index in [9.17, 15) is 4.79 Å². The molecule has 0 amide bonds. The SMILES string of the molecule is CC1(C)CC1(O)C(=O)O. The van der Waals surface area contributed by atoms with Gasteiger partial charge >= 0.3 is 5.97 Å². The fraction of sp³-hybridized carbons (Fsp3) is 0.833. The Kier molecular flexibility index (Phi) is 0.939. The molecular formula is C6H10O3. The minimum Gasteiger partial charge on any atom is -0.479 e. The third kappa shape index (κ3) is 0.645. The van der Waals surface area contributed by atoms with Gasteiger partial charge in [0.1, 0.15) is 0 Å². The summed E-state index contributed by atoms with van der Waals surface area (Å²) in [6, 6.07) is 0. The fourth-order valence-electron chi connectivity index (χ4n) is 0.960. The van der Waals surface area contributed by atoms with Gasteiger partial charge in [-0.2, -0.15) is 0 Å². The maximum atomic E-state index is 10.2. The summed E-state index contributed by atoms with van der Waals surface area (Å²) in [6.45, 7) is 3.47. The van der Waals surface area contributed by atoms with Crippen LogP contribution in [0, 0.1) is 5.41 Å². The van der Waals surface area contributed by atoms with Gasteiger partial charge in [0, 0.05) is 5.41 Å². The molecule has 3 heteroatoms. The maximum absolute atomic E-state index is 10.2. The van der Waals surface area contributed by atoms with Crippen molar-refractivity contribution < 1.29 is 15.0 Å². The molecule has 2 N–H and O–H groups in total. The van der Waals surface area contributed by atoms with Crippen LogP contribution >= 0.6 is 0 Å². The lowest BCUT2D eigenvalue weighted by molar-refractivity contribution is -0.151. The summed E-state index contributed by atoms with van der Waals surface area (Å²) in [5.74, 6) is -1.10. The maximum Gasteiger partial charge on any atom is 0.336 e. The van der Waals surface area contributed by atoms with Gasteiger partial charge in [0.15, 0.2) is 5.60 Å². The van der Waals surface area contributed by atoms with Crippen LogP contribution in [0.5, 0.6) is 0 Å². The number of aliphatic carboxylic acids is 1. The van der Waals surface area contributed by atoms with Crippen molar-refractivity contribution in [3.05, 3.63) is 0 Å². The molecule has 0 heterocycles. The molecule has 1 atom stereocenters. The molecule has 0 saturated heterocycles. The predicted octanol–water partition coefficient (Wildman–Crippen LogP) is 0.232. The van der Waals surface area contributed by atoms with Crippen molar-refractivity contribution in [2.45, 2.75) is 25.9 Å². The summed E-state index contributed by atoms with van der Waals surface area (Å²) in [6.07, 6.45) is 0.370. The van der Waals surface area contributed by atoms with Crippen molar-refractivity contribution in [2.24, 2.45) is 5.41 Å². The topological polar surface area (TPSA) is 57.5 Å². The van der Waals surface area contributed by atoms with Crippen LogP contribution in [0.4, 0.5) is 0 Å². The van der Waals surface area contributed by atoms with Crippen molar-refractivity contribution in [1.29, 1.82) is 0 Å². The minimum atomic E-state index is -1.44. The van der Waals surface area contributed by atoms with Crippen LogP contribution in [0.1, 0.15) is 20.3 Å². The van der Waals surface area contributed by atoms with E-state index >= 15 is 0 Å². The molecule has 1 fully saturated rings. The summed E-state index contributed by atoms with van der Waals surface area (Å²) in [4.78, 5) is 10.2. The molecule has 0 aromatic rings. The van der Waals surface area contributed by atoms with Gasteiger partial charge in [-0.15, -0.1) is 0 Å². The zero-order valence-electron chi connectivity index (χ0n) is 5.51. The second-order valence-electron chi connectivity index (χ2n) is 3.23. The predicted molar refractivity (Wildman–Crippen MR) is 31.0 cm³/mol. The normalized spacial score (nSPS) is 38.1. The van der Waals surface area contributed by atoms with Crippen molar-refractivity contribution >= 4 is 5.97 Å². The average Bonchev–Trinajstić information content (AvgIpc) is 2.08. The zero-order valence-corrected chi connectivity index (χ0v) is 5.51. The molecule has 0 radical (unpaired) electrons. The Morgan fingerprint density at radius 3 is 1.89 bits per heavy atom. The fourth-order valence-corrected chi connectivity index (χ4v) is 0.960. The van der Waals surface area contributed by atoms with Crippen LogP contribution in [0.15, 0.2) is 0 Å². The molecule has 0 spiro atoms. The molecule has 9 heavy (non-hydrogen) atoms. The zero-order chi connectivity index (χ0) is 7.28. The standard InChI is InChI=1S/C6H10O3/c1-5(2)3-6(5,9)4(7)8/h9H,3H2,1-2H3,(H,7,8). The van der Waals surface area contributed by atoms with E-state index in [-0.39, 0.29) is 0 Å². The second kappa shape index (κ2) is 1.29. The molecule has 1 unspecified atom stereocenters. The third-order valence-electron chi connectivity index (χ3n) is 2.05. The number of hydrogen-bond donors (Lipinski definition) is 2. The lowest BCUT2D eigenvalue weighted by atomic mass is 10.1.